The lowest BCUT2D eigenvalue weighted by Gasteiger charge is -2.35. The third kappa shape index (κ3) is 2.65. The molecule has 0 radical (unpaired) electrons. The zero-order valence-corrected chi connectivity index (χ0v) is 10.0. The lowest BCUT2D eigenvalue weighted by molar-refractivity contribution is 0.0222. The van der Waals surface area contributed by atoms with E-state index in [1.165, 1.54) is 12.5 Å². The summed E-state index contributed by atoms with van der Waals surface area (Å²) in [5.41, 5.74) is -0.831. The van der Waals surface area contributed by atoms with Crippen LogP contribution in [0, 0.1) is 0 Å². The van der Waals surface area contributed by atoms with E-state index in [1.807, 2.05) is 0 Å². The predicted octanol–water partition coefficient (Wildman–Crippen LogP) is -0.771. The summed E-state index contributed by atoms with van der Waals surface area (Å²) in [6.07, 6.45) is 3.44. The Hall–Kier alpha value is -0.960. The second kappa shape index (κ2) is 4.73. The summed E-state index contributed by atoms with van der Waals surface area (Å²) in [5, 5.41) is 9.39. The summed E-state index contributed by atoms with van der Waals surface area (Å²) in [5.74, 6) is 0. The van der Waals surface area contributed by atoms with Gasteiger partial charge in [0.1, 0.15) is 0 Å². The zero-order valence-electron chi connectivity index (χ0n) is 9.22. The van der Waals surface area contributed by atoms with Gasteiger partial charge in [-0.2, -0.15) is 0 Å². The van der Waals surface area contributed by atoms with Crippen molar-refractivity contribution >= 4 is 10.0 Å². The molecule has 0 saturated carbocycles. The molecule has 1 aliphatic rings. The second-order valence-electron chi connectivity index (χ2n) is 4.07. The van der Waals surface area contributed by atoms with Gasteiger partial charge in [-0.15, -0.1) is 0 Å². The molecule has 1 aliphatic heterocycles. The van der Waals surface area contributed by atoms with Crippen LogP contribution in [0.25, 0.3) is 0 Å². The van der Waals surface area contributed by atoms with Gasteiger partial charge in [-0.25, -0.2) is 18.1 Å². The molecule has 96 valence electrons. The van der Waals surface area contributed by atoms with Crippen LogP contribution in [0.15, 0.2) is 17.6 Å². The third-order valence-electron chi connectivity index (χ3n) is 2.87. The standard InChI is InChI=1S/C9H15N3O4S/c13-6-9(1-3-16-4-2-9)12-17(14,15)8-5-10-7-11-8/h5,7,12-13H,1-4,6H2,(H,10,11). The minimum absolute atomic E-state index is 0.00295. The first-order chi connectivity index (χ1) is 8.08. The van der Waals surface area contributed by atoms with Crippen LogP contribution < -0.4 is 4.72 Å². The van der Waals surface area contributed by atoms with Gasteiger partial charge in [0.15, 0.2) is 5.03 Å². The van der Waals surface area contributed by atoms with Gasteiger partial charge in [0.05, 0.1) is 24.7 Å². The van der Waals surface area contributed by atoms with Gasteiger partial charge in [0.2, 0.25) is 0 Å². The molecule has 1 aromatic rings. The molecule has 0 atom stereocenters. The molecule has 1 fully saturated rings. The van der Waals surface area contributed by atoms with Gasteiger partial charge in [-0.05, 0) is 12.8 Å². The van der Waals surface area contributed by atoms with Crippen molar-refractivity contribution in [1.82, 2.24) is 14.7 Å². The maximum Gasteiger partial charge on any atom is 0.258 e. The van der Waals surface area contributed by atoms with Crippen LogP contribution in [0.5, 0.6) is 0 Å². The maximum atomic E-state index is 12.0. The quantitative estimate of drug-likeness (QED) is 0.660. The normalized spacial score (nSPS) is 20.3. The van der Waals surface area contributed by atoms with Crippen molar-refractivity contribution in [3.8, 4) is 0 Å². The average molecular weight is 261 g/mol. The highest BCUT2D eigenvalue weighted by molar-refractivity contribution is 7.89. The smallest absolute Gasteiger partial charge is 0.258 e. The molecule has 0 amide bonds. The molecule has 0 spiro atoms. The van der Waals surface area contributed by atoms with E-state index < -0.39 is 15.6 Å². The second-order valence-corrected chi connectivity index (χ2v) is 5.72. The number of ether oxygens (including phenoxy) is 1. The first kappa shape index (κ1) is 12.5. The molecule has 17 heavy (non-hydrogen) atoms. The van der Waals surface area contributed by atoms with E-state index in [1.54, 1.807) is 0 Å². The highest BCUT2D eigenvalue weighted by Crippen LogP contribution is 2.22. The molecule has 0 bridgehead atoms. The summed E-state index contributed by atoms with van der Waals surface area (Å²) in [6, 6.07) is 0. The Morgan fingerprint density at radius 3 is 2.76 bits per heavy atom. The van der Waals surface area contributed by atoms with Crippen LogP contribution in [0.1, 0.15) is 12.8 Å². The first-order valence-corrected chi connectivity index (χ1v) is 6.77. The fourth-order valence-electron chi connectivity index (χ4n) is 1.78. The van der Waals surface area contributed by atoms with Crippen molar-refractivity contribution in [3.05, 3.63) is 12.5 Å². The third-order valence-corrected chi connectivity index (χ3v) is 4.37. The van der Waals surface area contributed by atoms with Crippen LogP contribution in [-0.4, -0.2) is 48.9 Å². The lowest BCUT2D eigenvalue weighted by atomic mass is 9.93. The van der Waals surface area contributed by atoms with E-state index in [0.717, 1.165) is 0 Å². The van der Waals surface area contributed by atoms with Crippen molar-refractivity contribution in [3.63, 3.8) is 0 Å². The molecule has 0 aliphatic carbocycles. The Morgan fingerprint density at radius 1 is 1.53 bits per heavy atom. The number of imidazole rings is 1. The minimum atomic E-state index is -3.67. The molecule has 0 unspecified atom stereocenters. The van der Waals surface area contributed by atoms with Gasteiger partial charge in [-0.1, -0.05) is 0 Å². The lowest BCUT2D eigenvalue weighted by Crippen LogP contribution is -2.54. The average Bonchev–Trinajstić information content (AvgIpc) is 2.84. The molecule has 8 heteroatoms. The molecule has 2 rings (SSSR count). The first-order valence-electron chi connectivity index (χ1n) is 5.29. The number of nitrogens with zero attached hydrogens (tertiary/aromatic N) is 1. The van der Waals surface area contributed by atoms with Crippen LogP contribution in [0.4, 0.5) is 0 Å². The van der Waals surface area contributed by atoms with E-state index in [0.29, 0.717) is 26.1 Å². The van der Waals surface area contributed by atoms with Crippen molar-refractivity contribution in [2.24, 2.45) is 0 Å². The van der Waals surface area contributed by atoms with Crippen molar-refractivity contribution < 1.29 is 18.3 Å². The monoisotopic (exact) mass is 261 g/mol. The number of sulfonamides is 1. The number of aromatic nitrogens is 2. The highest BCUT2D eigenvalue weighted by atomic mass is 32.2. The number of rotatable bonds is 4. The minimum Gasteiger partial charge on any atom is -0.394 e. The molecule has 7 nitrogen and oxygen atoms in total. The Balaban J connectivity index is 2.19. The number of aliphatic hydroxyl groups excluding tert-OH is 1. The van der Waals surface area contributed by atoms with Gasteiger partial charge >= 0.3 is 0 Å². The maximum absolute atomic E-state index is 12.0. The van der Waals surface area contributed by atoms with Gasteiger partial charge < -0.3 is 14.8 Å². The molecule has 1 aromatic heterocycles. The number of aromatic amines is 1. The Bertz CT molecular complexity index is 451. The van der Waals surface area contributed by atoms with Crippen LogP contribution in [0.3, 0.4) is 0 Å². The van der Waals surface area contributed by atoms with Crippen molar-refractivity contribution in [1.29, 1.82) is 0 Å². The van der Waals surface area contributed by atoms with Crippen LogP contribution >= 0.6 is 0 Å². The van der Waals surface area contributed by atoms with Crippen molar-refractivity contribution in [2.75, 3.05) is 19.8 Å². The summed E-state index contributed by atoms with van der Waals surface area (Å²) in [7, 11) is -3.67. The predicted molar refractivity (Wildman–Crippen MR) is 58.8 cm³/mol. The van der Waals surface area contributed by atoms with E-state index in [9.17, 15) is 13.5 Å². The fraction of sp³-hybridized carbons (Fsp3) is 0.667. The Morgan fingerprint density at radius 2 is 2.24 bits per heavy atom. The molecular formula is C9H15N3O4S. The summed E-state index contributed by atoms with van der Waals surface area (Å²) in [4.78, 5) is 6.20. The van der Waals surface area contributed by atoms with Gasteiger partial charge in [0.25, 0.3) is 10.0 Å². The van der Waals surface area contributed by atoms with Crippen LogP contribution in [0.2, 0.25) is 0 Å². The van der Waals surface area contributed by atoms with Crippen molar-refractivity contribution in [2.45, 2.75) is 23.4 Å². The molecule has 2 heterocycles. The zero-order chi connectivity index (χ0) is 12.4. The molecule has 1 saturated heterocycles. The summed E-state index contributed by atoms with van der Waals surface area (Å²) < 4.78 is 31.7. The molecular weight excluding hydrogens is 246 g/mol. The van der Waals surface area contributed by atoms with E-state index in [-0.39, 0.29) is 11.6 Å². The number of nitrogens with one attached hydrogen (secondary N) is 2. The topological polar surface area (TPSA) is 104 Å². The summed E-state index contributed by atoms with van der Waals surface area (Å²) >= 11 is 0. The Kier molecular flexibility index (Phi) is 3.48. The largest absolute Gasteiger partial charge is 0.394 e. The number of aliphatic hydroxyl groups is 1. The highest BCUT2D eigenvalue weighted by Gasteiger charge is 2.36. The SMILES string of the molecule is O=S(=O)(NC1(CO)CCOCC1)c1cnc[nH]1. The van der Waals surface area contributed by atoms with E-state index >= 15 is 0 Å². The number of hydrogen-bond donors (Lipinski definition) is 3. The fourth-order valence-corrected chi connectivity index (χ4v) is 3.14. The molecule has 0 aromatic carbocycles. The summed E-state index contributed by atoms with van der Waals surface area (Å²) in [6.45, 7) is 0.627. The van der Waals surface area contributed by atoms with Crippen LogP contribution in [-0.2, 0) is 14.8 Å². The van der Waals surface area contributed by atoms with E-state index in [2.05, 4.69) is 14.7 Å². The number of hydrogen-bond acceptors (Lipinski definition) is 5. The Labute approximate surface area is 99.3 Å². The number of H-pyrrole nitrogens is 1. The van der Waals surface area contributed by atoms with E-state index in [4.69, 9.17) is 4.74 Å². The van der Waals surface area contributed by atoms with Gasteiger partial charge in [-0.3, -0.25) is 0 Å². The van der Waals surface area contributed by atoms with Gasteiger partial charge in [0, 0.05) is 13.2 Å². The molecule has 3 N–H and O–H groups in total.